The maximum absolute atomic E-state index is 6.20. The standard InChI is InChI=1S/C16H24N4/c1-12(2)20-11-13(10-19-8-6-18-7-9-19)14-4-3-5-15(17)16(14)20/h3-5,11-12,18H,6-10,17H2,1-2H3. The van der Waals surface area contributed by atoms with Crippen molar-refractivity contribution in [3.8, 4) is 0 Å². The van der Waals surface area contributed by atoms with Crippen LogP contribution in [0.25, 0.3) is 10.9 Å². The quantitative estimate of drug-likeness (QED) is 0.842. The fraction of sp³-hybridized carbons (Fsp3) is 0.500. The van der Waals surface area contributed by atoms with Gasteiger partial charge < -0.3 is 15.6 Å². The van der Waals surface area contributed by atoms with E-state index in [4.69, 9.17) is 5.73 Å². The van der Waals surface area contributed by atoms with Crippen LogP contribution < -0.4 is 11.1 Å². The first-order chi connectivity index (χ1) is 9.66. The van der Waals surface area contributed by atoms with Crippen molar-refractivity contribution in [3.05, 3.63) is 30.0 Å². The van der Waals surface area contributed by atoms with Crippen molar-refractivity contribution in [2.75, 3.05) is 31.9 Å². The van der Waals surface area contributed by atoms with Crippen molar-refractivity contribution in [3.63, 3.8) is 0 Å². The number of rotatable bonds is 3. The molecule has 1 aromatic carbocycles. The zero-order valence-corrected chi connectivity index (χ0v) is 12.4. The van der Waals surface area contributed by atoms with E-state index in [0.29, 0.717) is 6.04 Å². The maximum Gasteiger partial charge on any atom is 0.0719 e. The molecule has 0 spiro atoms. The molecule has 1 aromatic heterocycles. The van der Waals surface area contributed by atoms with Crippen molar-refractivity contribution in [1.82, 2.24) is 14.8 Å². The number of hydrogen-bond acceptors (Lipinski definition) is 3. The number of benzene rings is 1. The van der Waals surface area contributed by atoms with E-state index in [1.165, 1.54) is 16.5 Å². The van der Waals surface area contributed by atoms with Crippen molar-refractivity contribution < 1.29 is 0 Å². The second-order valence-electron chi connectivity index (χ2n) is 5.92. The number of nitrogens with one attached hydrogen (secondary N) is 1. The van der Waals surface area contributed by atoms with Gasteiger partial charge in [0.05, 0.1) is 11.2 Å². The topological polar surface area (TPSA) is 46.2 Å². The summed E-state index contributed by atoms with van der Waals surface area (Å²) in [6.07, 6.45) is 2.29. The lowest BCUT2D eigenvalue weighted by atomic mass is 10.1. The largest absolute Gasteiger partial charge is 0.397 e. The van der Waals surface area contributed by atoms with Crippen molar-refractivity contribution in [2.24, 2.45) is 0 Å². The number of nitrogens with two attached hydrogens (primary N) is 1. The van der Waals surface area contributed by atoms with Crippen LogP contribution in [0.5, 0.6) is 0 Å². The molecule has 0 radical (unpaired) electrons. The Balaban J connectivity index is 2.00. The van der Waals surface area contributed by atoms with E-state index in [9.17, 15) is 0 Å². The molecular formula is C16H24N4. The van der Waals surface area contributed by atoms with Crippen molar-refractivity contribution in [1.29, 1.82) is 0 Å². The Bertz CT molecular complexity index is 594. The second kappa shape index (κ2) is 5.46. The first kappa shape index (κ1) is 13.5. The average Bonchev–Trinajstić information content (AvgIpc) is 2.81. The third-order valence-electron chi connectivity index (χ3n) is 4.13. The van der Waals surface area contributed by atoms with Gasteiger partial charge in [0.2, 0.25) is 0 Å². The average molecular weight is 272 g/mol. The molecule has 1 aliphatic rings. The summed E-state index contributed by atoms with van der Waals surface area (Å²) in [6.45, 7) is 9.85. The first-order valence-corrected chi connectivity index (χ1v) is 7.48. The molecule has 0 aliphatic carbocycles. The van der Waals surface area contributed by atoms with E-state index >= 15 is 0 Å². The van der Waals surface area contributed by atoms with Gasteiger partial charge in [-0.15, -0.1) is 0 Å². The van der Waals surface area contributed by atoms with Gasteiger partial charge in [-0.1, -0.05) is 12.1 Å². The molecule has 1 saturated heterocycles. The van der Waals surface area contributed by atoms with Crippen LogP contribution in [0.1, 0.15) is 25.5 Å². The highest BCUT2D eigenvalue weighted by Gasteiger charge is 2.16. The summed E-state index contributed by atoms with van der Waals surface area (Å²) >= 11 is 0. The van der Waals surface area contributed by atoms with Crippen molar-refractivity contribution >= 4 is 16.6 Å². The minimum atomic E-state index is 0.430. The molecule has 4 nitrogen and oxygen atoms in total. The monoisotopic (exact) mass is 272 g/mol. The molecular weight excluding hydrogens is 248 g/mol. The Kier molecular flexibility index (Phi) is 3.68. The normalized spacial score (nSPS) is 17.1. The molecule has 2 heterocycles. The molecule has 3 N–H and O–H groups in total. The summed E-state index contributed by atoms with van der Waals surface area (Å²) in [7, 11) is 0. The lowest BCUT2D eigenvalue weighted by Crippen LogP contribution is -2.42. The second-order valence-corrected chi connectivity index (χ2v) is 5.92. The Morgan fingerprint density at radius 2 is 2.00 bits per heavy atom. The van der Waals surface area contributed by atoms with Crippen LogP contribution in [0.3, 0.4) is 0 Å². The van der Waals surface area contributed by atoms with Gasteiger partial charge in [-0.05, 0) is 25.5 Å². The predicted molar refractivity (Wildman–Crippen MR) is 84.9 cm³/mol. The van der Waals surface area contributed by atoms with E-state index < -0.39 is 0 Å². The molecule has 108 valence electrons. The van der Waals surface area contributed by atoms with Crippen LogP contribution in [-0.4, -0.2) is 35.6 Å². The first-order valence-electron chi connectivity index (χ1n) is 7.48. The summed E-state index contributed by atoms with van der Waals surface area (Å²) in [4.78, 5) is 2.51. The van der Waals surface area contributed by atoms with Crippen LogP contribution in [0.4, 0.5) is 5.69 Å². The summed E-state index contributed by atoms with van der Waals surface area (Å²) in [5, 5.41) is 4.71. The molecule has 20 heavy (non-hydrogen) atoms. The van der Waals surface area contributed by atoms with Crippen LogP contribution in [0, 0.1) is 0 Å². The molecule has 0 atom stereocenters. The molecule has 1 aliphatic heterocycles. The summed E-state index contributed by atoms with van der Waals surface area (Å²) in [5.41, 5.74) is 9.65. The number of aromatic nitrogens is 1. The molecule has 4 heteroatoms. The van der Waals surface area contributed by atoms with Crippen LogP contribution in [0.2, 0.25) is 0 Å². The number of fused-ring (bicyclic) bond motifs is 1. The van der Waals surface area contributed by atoms with Gasteiger partial charge in [-0.3, -0.25) is 4.90 Å². The maximum atomic E-state index is 6.20. The Morgan fingerprint density at radius 1 is 1.25 bits per heavy atom. The van der Waals surface area contributed by atoms with Gasteiger partial charge in [0, 0.05) is 50.3 Å². The summed E-state index contributed by atoms with van der Waals surface area (Å²) in [5.74, 6) is 0. The fourth-order valence-corrected chi connectivity index (χ4v) is 3.05. The lowest BCUT2D eigenvalue weighted by Gasteiger charge is -2.26. The lowest BCUT2D eigenvalue weighted by molar-refractivity contribution is 0.234. The van der Waals surface area contributed by atoms with E-state index in [-0.39, 0.29) is 0 Å². The van der Waals surface area contributed by atoms with E-state index in [1.807, 2.05) is 6.07 Å². The third kappa shape index (κ3) is 2.41. The Hall–Kier alpha value is -1.52. The minimum Gasteiger partial charge on any atom is -0.397 e. The van der Waals surface area contributed by atoms with Gasteiger partial charge in [-0.25, -0.2) is 0 Å². The van der Waals surface area contributed by atoms with E-state index in [2.05, 4.69) is 47.0 Å². The highest BCUT2D eigenvalue weighted by atomic mass is 15.2. The van der Waals surface area contributed by atoms with Gasteiger partial charge in [0.25, 0.3) is 0 Å². The molecule has 3 rings (SSSR count). The number of anilines is 1. The number of para-hydroxylation sites is 1. The zero-order chi connectivity index (χ0) is 14.1. The zero-order valence-electron chi connectivity index (χ0n) is 12.4. The molecule has 0 amide bonds. The fourth-order valence-electron chi connectivity index (χ4n) is 3.05. The van der Waals surface area contributed by atoms with E-state index in [1.54, 1.807) is 0 Å². The highest BCUT2D eigenvalue weighted by molar-refractivity contribution is 5.93. The van der Waals surface area contributed by atoms with Gasteiger partial charge >= 0.3 is 0 Å². The molecule has 0 unspecified atom stereocenters. The van der Waals surface area contributed by atoms with Crippen LogP contribution >= 0.6 is 0 Å². The Labute approximate surface area is 120 Å². The van der Waals surface area contributed by atoms with Crippen LogP contribution in [-0.2, 0) is 6.54 Å². The number of hydrogen-bond donors (Lipinski definition) is 2. The smallest absolute Gasteiger partial charge is 0.0719 e. The van der Waals surface area contributed by atoms with Gasteiger partial charge in [0.15, 0.2) is 0 Å². The Morgan fingerprint density at radius 3 is 2.70 bits per heavy atom. The minimum absolute atomic E-state index is 0.430. The SMILES string of the molecule is CC(C)n1cc(CN2CCNCC2)c2cccc(N)c21. The third-order valence-corrected chi connectivity index (χ3v) is 4.13. The van der Waals surface area contributed by atoms with Crippen LogP contribution in [0.15, 0.2) is 24.4 Å². The van der Waals surface area contributed by atoms with Crippen molar-refractivity contribution in [2.45, 2.75) is 26.4 Å². The molecule has 0 saturated carbocycles. The molecule has 0 bridgehead atoms. The number of piperazine rings is 1. The molecule has 2 aromatic rings. The summed E-state index contributed by atoms with van der Waals surface area (Å²) < 4.78 is 2.31. The van der Waals surface area contributed by atoms with E-state index in [0.717, 1.165) is 38.4 Å². The highest BCUT2D eigenvalue weighted by Crippen LogP contribution is 2.29. The summed E-state index contributed by atoms with van der Waals surface area (Å²) in [6, 6.07) is 6.68. The molecule has 1 fully saturated rings. The van der Waals surface area contributed by atoms with Gasteiger partial charge in [0.1, 0.15) is 0 Å². The number of nitrogen functional groups attached to an aromatic ring is 1. The predicted octanol–water partition coefficient (Wildman–Crippen LogP) is 2.21. The number of nitrogens with zero attached hydrogens (tertiary/aromatic N) is 2. The van der Waals surface area contributed by atoms with Gasteiger partial charge in [-0.2, -0.15) is 0 Å².